The van der Waals surface area contributed by atoms with Crippen molar-refractivity contribution in [3.05, 3.63) is 71.9 Å². The monoisotopic (exact) mass is 559 g/mol. The van der Waals surface area contributed by atoms with Crippen molar-refractivity contribution in [3.63, 3.8) is 0 Å². The van der Waals surface area contributed by atoms with E-state index in [0.29, 0.717) is 51.6 Å². The third-order valence-corrected chi connectivity index (χ3v) is 8.18. The Balaban J connectivity index is 1.25. The van der Waals surface area contributed by atoms with Gasteiger partial charge in [-0.25, -0.2) is 0 Å². The first-order valence-corrected chi connectivity index (χ1v) is 14.3. The van der Waals surface area contributed by atoms with E-state index in [9.17, 15) is 24.3 Å². The van der Waals surface area contributed by atoms with Crippen molar-refractivity contribution in [3.8, 4) is 0 Å². The largest absolute Gasteiger partial charge is 0.481 e. The van der Waals surface area contributed by atoms with E-state index in [-0.39, 0.29) is 24.1 Å². The number of carbonyl (C=O) groups is 4. The van der Waals surface area contributed by atoms with Gasteiger partial charge < -0.3 is 30.9 Å². The van der Waals surface area contributed by atoms with Crippen LogP contribution >= 0.6 is 0 Å². The molecule has 10 nitrogen and oxygen atoms in total. The fourth-order valence-electron chi connectivity index (χ4n) is 6.20. The summed E-state index contributed by atoms with van der Waals surface area (Å²) >= 11 is 0. The number of carboxylic acids is 1. The van der Waals surface area contributed by atoms with Crippen molar-refractivity contribution in [2.45, 2.75) is 69.1 Å². The van der Waals surface area contributed by atoms with Crippen LogP contribution in [0.1, 0.15) is 43.2 Å². The molecule has 1 aromatic heterocycles. The molecule has 0 spiro atoms. The number of carboxylic acid groups (broad SMARTS) is 1. The molecule has 4 atom stereocenters. The summed E-state index contributed by atoms with van der Waals surface area (Å²) in [6, 6.07) is 14.5. The Bertz CT molecular complexity index is 1410. The number of fused-ring (bicyclic) bond motifs is 1. The number of para-hydroxylation sites is 1. The number of amides is 3. The zero-order valence-corrected chi connectivity index (χ0v) is 23.0. The molecular weight excluding hydrogens is 522 g/mol. The number of rotatable bonds is 10. The first kappa shape index (κ1) is 28.4. The summed E-state index contributed by atoms with van der Waals surface area (Å²) in [7, 11) is 0. The standard InChI is InChI=1S/C31H37N5O5/c32-24(16-20-8-2-1-3-9-20)30(40)36-15-7-13-27(36)31(41)35-14-6-12-26(35)29(39)34-22(18-28(37)38)17-21-19-33-25-11-5-4-10-23(21)25/h1-5,8-11,19,22,24,26-27,33H,6-7,12-18,32H2,(H,34,39)(H,37,38). The molecule has 2 aliphatic heterocycles. The van der Waals surface area contributed by atoms with Gasteiger partial charge in [-0.05, 0) is 55.7 Å². The molecule has 2 aromatic carbocycles. The highest BCUT2D eigenvalue weighted by atomic mass is 16.4. The van der Waals surface area contributed by atoms with Crippen molar-refractivity contribution in [1.29, 1.82) is 0 Å². The van der Waals surface area contributed by atoms with Gasteiger partial charge in [-0.3, -0.25) is 19.2 Å². The summed E-state index contributed by atoms with van der Waals surface area (Å²) in [6.45, 7) is 0.866. The summed E-state index contributed by atoms with van der Waals surface area (Å²) in [4.78, 5) is 58.5. The van der Waals surface area contributed by atoms with Crippen LogP contribution in [0.2, 0.25) is 0 Å². The van der Waals surface area contributed by atoms with Crippen LogP contribution in [0, 0.1) is 0 Å². The summed E-state index contributed by atoms with van der Waals surface area (Å²) < 4.78 is 0. The van der Waals surface area contributed by atoms with Crippen LogP contribution in [0.25, 0.3) is 10.9 Å². The molecule has 2 fully saturated rings. The fraction of sp³-hybridized carbons (Fsp3) is 0.419. The maximum atomic E-state index is 13.7. The SMILES string of the molecule is NC(Cc1ccccc1)C(=O)N1CCCC1C(=O)N1CCCC1C(=O)NC(CC(=O)O)Cc1c[nH]c2ccccc12. The van der Waals surface area contributed by atoms with E-state index in [1.165, 1.54) is 0 Å². The lowest BCUT2D eigenvalue weighted by atomic mass is 10.0. The summed E-state index contributed by atoms with van der Waals surface area (Å²) in [5.74, 6) is -1.88. The number of H-pyrrole nitrogens is 1. The number of hydrogen-bond donors (Lipinski definition) is 4. The molecule has 0 saturated carbocycles. The molecule has 0 aliphatic carbocycles. The lowest BCUT2D eigenvalue weighted by Crippen LogP contribution is -2.56. The molecule has 4 unspecified atom stereocenters. The zero-order valence-electron chi connectivity index (χ0n) is 23.0. The van der Waals surface area contributed by atoms with Crippen molar-refractivity contribution >= 4 is 34.6 Å². The molecule has 216 valence electrons. The Hall–Kier alpha value is -4.18. The van der Waals surface area contributed by atoms with E-state index in [0.717, 1.165) is 22.0 Å². The lowest BCUT2D eigenvalue weighted by Gasteiger charge is -2.32. The average molecular weight is 560 g/mol. The fourth-order valence-corrected chi connectivity index (χ4v) is 6.20. The maximum absolute atomic E-state index is 13.7. The van der Waals surface area contributed by atoms with Crippen LogP contribution in [0.5, 0.6) is 0 Å². The van der Waals surface area contributed by atoms with E-state index in [2.05, 4.69) is 10.3 Å². The molecule has 0 bridgehead atoms. The highest BCUT2D eigenvalue weighted by molar-refractivity contribution is 5.94. The predicted octanol–water partition coefficient (Wildman–Crippen LogP) is 2.22. The van der Waals surface area contributed by atoms with Crippen molar-refractivity contribution in [2.75, 3.05) is 13.1 Å². The highest BCUT2D eigenvalue weighted by Crippen LogP contribution is 2.26. The molecule has 0 radical (unpaired) electrons. The number of nitrogens with two attached hydrogens (primary N) is 1. The number of benzene rings is 2. The molecule has 10 heteroatoms. The number of carbonyl (C=O) groups excluding carboxylic acids is 3. The molecule has 2 aliphatic rings. The van der Waals surface area contributed by atoms with Crippen LogP contribution in [0.3, 0.4) is 0 Å². The number of hydrogen-bond acceptors (Lipinski definition) is 5. The Kier molecular flexibility index (Phi) is 8.68. The molecule has 3 heterocycles. The Labute approximate surface area is 238 Å². The second-order valence-corrected chi connectivity index (χ2v) is 11.0. The van der Waals surface area contributed by atoms with Gasteiger partial charge in [0.05, 0.1) is 12.5 Å². The van der Waals surface area contributed by atoms with Gasteiger partial charge in [0.2, 0.25) is 17.7 Å². The third kappa shape index (κ3) is 6.43. The smallest absolute Gasteiger partial charge is 0.305 e. The van der Waals surface area contributed by atoms with Crippen LogP contribution in [0.15, 0.2) is 60.8 Å². The Morgan fingerprint density at radius 1 is 0.927 bits per heavy atom. The zero-order chi connectivity index (χ0) is 28.9. The van der Waals surface area contributed by atoms with Gasteiger partial charge >= 0.3 is 5.97 Å². The van der Waals surface area contributed by atoms with E-state index < -0.39 is 30.1 Å². The molecular formula is C31H37N5O5. The first-order valence-electron chi connectivity index (χ1n) is 14.3. The van der Waals surface area contributed by atoms with Gasteiger partial charge in [0.15, 0.2) is 0 Å². The van der Waals surface area contributed by atoms with Crippen molar-refractivity contribution in [2.24, 2.45) is 5.73 Å². The number of nitrogens with zero attached hydrogens (tertiary/aromatic N) is 2. The minimum absolute atomic E-state index is 0.240. The molecule has 5 rings (SSSR count). The Morgan fingerprint density at radius 2 is 1.61 bits per heavy atom. The van der Waals surface area contributed by atoms with Gasteiger partial charge in [0.25, 0.3) is 0 Å². The number of aromatic amines is 1. The third-order valence-electron chi connectivity index (χ3n) is 8.18. The topological polar surface area (TPSA) is 149 Å². The van der Waals surface area contributed by atoms with E-state index in [1.807, 2.05) is 60.8 Å². The second-order valence-electron chi connectivity index (χ2n) is 11.0. The summed E-state index contributed by atoms with van der Waals surface area (Å²) in [6.07, 6.45) is 4.68. The Morgan fingerprint density at radius 3 is 2.37 bits per heavy atom. The predicted molar refractivity (Wildman–Crippen MR) is 154 cm³/mol. The van der Waals surface area contributed by atoms with Gasteiger partial charge in [-0.15, -0.1) is 0 Å². The maximum Gasteiger partial charge on any atom is 0.305 e. The van der Waals surface area contributed by atoms with Crippen LogP contribution in [-0.2, 0) is 32.0 Å². The van der Waals surface area contributed by atoms with Crippen molar-refractivity contribution in [1.82, 2.24) is 20.1 Å². The van der Waals surface area contributed by atoms with Gasteiger partial charge in [-0.1, -0.05) is 48.5 Å². The molecule has 41 heavy (non-hydrogen) atoms. The number of likely N-dealkylation sites (tertiary alicyclic amines) is 2. The van der Waals surface area contributed by atoms with Gasteiger partial charge in [0, 0.05) is 36.2 Å². The number of nitrogens with one attached hydrogen (secondary N) is 2. The second kappa shape index (κ2) is 12.6. The highest BCUT2D eigenvalue weighted by Gasteiger charge is 2.43. The van der Waals surface area contributed by atoms with E-state index in [4.69, 9.17) is 5.73 Å². The van der Waals surface area contributed by atoms with E-state index >= 15 is 0 Å². The number of aliphatic carboxylic acids is 1. The number of aromatic nitrogens is 1. The van der Waals surface area contributed by atoms with Gasteiger partial charge in [-0.2, -0.15) is 0 Å². The quantitative estimate of drug-likeness (QED) is 0.299. The van der Waals surface area contributed by atoms with Gasteiger partial charge in [0.1, 0.15) is 12.1 Å². The summed E-state index contributed by atoms with van der Waals surface area (Å²) in [5, 5.41) is 13.4. The molecule has 5 N–H and O–H groups in total. The summed E-state index contributed by atoms with van der Waals surface area (Å²) in [5.41, 5.74) is 9.08. The molecule has 3 amide bonds. The van der Waals surface area contributed by atoms with Crippen LogP contribution in [0.4, 0.5) is 0 Å². The minimum atomic E-state index is -1.01. The van der Waals surface area contributed by atoms with Crippen LogP contribution < -0.4 is 11.1 Å². The lowest BCUT2D eigenvalue weighted by molar-refractivity contribution is -0.147. The van der Waals surface area contributed by atoms with Crippen LogP contribution in [-0.4, -0.2) is 80.8 Å². The van der Waals surface area contributed by atoms with E-state index in [1.54, 1.807) is 9.80 Å². The molecule has 3 aromatic rings. The first-order chi connectivity index (χ1) is 19.8. The minimum Gasteiger partial charge on any atom is -0.481 e. The van der Waals surface area contributed by atoms with Crippen molar-refractivity contribution < 1.29 is 24.3 Å². The molecule has 2 saturated heterocycles. The normalized spacial score (nSPS) is 20.2. The average Bonchev–Trinajstić information content (AvgIpc) is 3.73.